The number of benzene rings is 2. The van der Waals surface area contributed by atoms with Gasteiger partial charge in [-0.2, -0.15) is 0 Å². The van der Waals surface area contributed by atoms with Gasteiger partial charge < -0.3 is 24.7 Å². The molecule has 0 radical (unpaired) electrons. The van der Waals surface area contributed by atoms with Crippen molar-refractivity contribution in [2.75, 3.05) is 20.3 Å². The van der Waals surface area contributed by atoms with Crippen LogP contribution in [0.4, 0.5) is 0 Å². The molecule has 1 aromatic heterocycles. The maximum atomic E-state index is 12.9. The number of aromatic amines is 1. The molecule has 0 bridgehead atoms. The quantitative estimate of drug-likeness (QED) is 0.531. The molecule has 2 N–H and O–H groups in total. The van der Waals surface area contributed by atoms with Gasteiger partial charge in [-0.1, -0.05) is 30.3 Å². The van der Waals surface area contributed by atoms with E-state index in [9.17, 15) is 4.79 Å². The van der Waals surface area contributed by atoms with Crippen LogP contribution in [0.15, 0.2) is 53.3 Å². The van der Waals surface area contributed by atoms with Crippen molar-refractivity contribution in [1.29, 1.82) is 0 Å². The molecule has 168 valence electrons. The minimum absolute atomic E-state index is 0.0894. The maximum Gasteiger partial charge on any atom is 0.253 e. The van der Waals surface area contributed by atoms with Crippen LogP contribution in [-0.4, -0.2) is 41.4 Å². The van der Waals surface area contributed by atoms with Gasteiger partial charge in [0.1, 0.15) is 5.75 Å². The first kappa shape index (κ1) is 22.3. The molecule has 32 heavy (non-hydrogen) atoms. The van der Waals surface area contributed by atoms with Crippen molar-refractivity contribution in [3.8, 4) is 5.75 Å². The summed E-state index contributed by atoms with van der Waals surface area (Å²) in [5, 5.41) is 4.98. The molecule has 0 spiro atoms. The van der Waals surface area contributed by atoms with Crippen LogP contribution in [0.2, 0.25) is 0 Å². The van der Waals surface area contributed by atoms with Gasteiger partial charge in [0.2, 0.25) is 0 Å². The first-order chi connectivity index (χ1) is 15.5. The zero-order valence-electron chi connectivity index (χ0n) is 18.5. The van der Waals surface area contributed by atoms with Crippen LogP contribution in [0.25, 0.3) is 10.9 Å². The molecule has 1 fully saturated rings. The van der Waals surface area contributed by atoms with Gasteiger partial charge in [0.05, 0.1) is 25.3 Å². The summed E-state index contributed by atoms with van der Waals surface area (Å²) in [5.41, 5.74) is 3.60. The number of rotatable bonds is 7. The first-order valence-electron chi connectivity index (χ1n) is 10.9. The summed E-state index contributed by atoms with van der Waals surface area (Å²) in [6.45, 7) is 4.46. The van der Waals surface area contributed by atoms with Gasteiger partial charge in [-0.05, 0) is 66.7 Å². The van der Waals surface area contributed by atoms with Crippen molar-refractivity contribution >= 4 is 28.2 Å². The highest BCUT2D eigenvalue weighted by Gasteiger charge is 2.19. The van der Waals surface area contributed by atoms with Crippen molar-refractivity contribution in [3.63, 3.8) is 0 Å². The number of pyridine rings is 1. The molecule has 1 unspecified atom stereocenters. The topological polar surface area (TPSA) is 66.6 Å². The van der Waals surface area contributed by atoms with Crippen LogP contribution in [-0.2, 0) is 17.8 Å². The Morgan fingerprint density at radius 2 is 2.06 bits per heavy atom. The van der Waals surface area contributed by atoms with Crippen molar-refractivity contribution in [2.45, 2.75) is 39.0 Å². The number of thiocarbonyl (C=S) groups is 1. The molecule has 2 aromatic carbocycles. The highest BCUT2D eigenvalue weighted by Crippen LogP contribution is 2.18. The Hall–Kier alpha value is -2.90. The number of hydrogen-bond acceptors (Lipinski definition) is 4. The van der Waals surface area contributed by atoms with Gasteiger partial charge in [-0.3, -0.25) is 4.79 Å². The SMILES string of the molecule is COc1ccc(CN(Cc2cc3cccc(C)c3[nH]c2=O)C(=S)NCC2CCCO2)cc1. The number of hydrogen-bond donors (Lipinski definition) is 2. The maximum absolute atomic E-state index is 12.9. The fourth-order valence-corrected chi connectivity index (χ4v) is 4.23. The lowest BCUT2D eigenvalue weighted by atomic mass is 10.1. The zero-order valence-corrected chi connectivity index (χ0v) is 19.3. The molecule has 4 rings (SSSR count). The van der Waals surface area contributed by atoms with E-state index in [0.29, 0.717) is 30.3 Å². The summed E-state index contributed by atoms with van der Waals surface area (Å²) in [4.78, 5) is 17.9. The summed E-state index contributed by atoms with van der Waals surface area (Å²) in [5.74, 6) is 0.806. The minimum Gasteiger partial charge on any atom is -0.497 e. The van der Waals surface area contributed by atoms with Crippen molar-refractivity contribution in [1.82, 2.24) is 15.2 Å². The van der Waals surface area contributed by atoms with E-state index in [1.165, 1.54) is 0 Å². The molecule has 3 aromatic rings. The number of aromatic nitrogens is 1. The summed E-state index contributed by atoms with van der Waals surface area (Å²) in [6, 6.07) is 15.9. The first-order valence-corrected chi connectivity index (χ1v) is 11.3. The minimum atomic E-state index is -0.0894. The molecular formula is C25H29N3O3S. The summed E-state index contributed by atoms with van der Waals surface area (Å²) in [7, 11) is 1.65. The second-order valence-electron chi connectivity index (χ2n) is 8.19. The van der Waals surface area contributed by atoms with E-state index in [2.05, 4.69) is 10.3 Å². The number of methoxy groups -OCH3 is 1. The third kappa shape index (κ3) is 5.29. The van der Waals surface area contributed by atoms with E-state index in [-0.39, 0.29) is 11.7 Å². The molecule has 0 saturated carbocycles. The van der Waals surface area contributed by atoms with E-state index in [1.54, 1.807) is 7.11 Å². The second-order valence-corrected chi connectivity index (χ2v) is 8.57. The highest BCUT2D eigenvalue weighted by atomic mass is 32.1. The van der Waals surface area contributed by atoms with Gasteiger partial charge in [0.25, 0.3) is 5.56 Å². The van der Waals surface area contributed by atoms with Crippen LogP contribution in [0, 0.1) is 6.92 Å². The van der Waals surface area contributed by atoms with E-state index in [1.807, 2.05) is 60.4 Å². The lowest BCUT2D eigenvalue weighted by Gasteiger charge is -2.27. The smallest absolute Gasteiger partial charge is 0.253 e. The summed E-state index contributed by atoms with van der Waals surface area (Å²) >= 11 is 5.74. The average Bonchev–Trinajstić information content (AvgIpc) is 3.32. The van der Waals surface area contributed by atoms with Crippen LogP contribution in [0.3, 0.4) is 0 Å². The third-order valence-corrected chi connectivity index (χ3v) is 6.25. The molecule has 7 heteroatoms. The van der Waals surface area contributed by atoms with Gasteiger partial charge in [0.15, 0.2) is 5.11 Å². The molecule has 0 amide bonds. The molecule has 1 atom stereocenters. The van der Waals surface area contributed by atoms with Crippen molar-refractivity contribution in [3.05, 3.63) is 75.6 Å². The lowest BCUT2D eigenvalue weighted by Crippen LogP contribution is -2.42. The molecule has 1 aliphatic rings. The van der Waals surface area contributed by atoms with Crippen LogP contribution in [0.1, 0.15) is 29.5 Å². The van der Waals surface area contributed by atoms with Crippen LogP contribution >= 0.6 is 12.2 Å². The van der Waals surface area contributed by atoms with E-state index < -0.39 is 0 Å². The molecule has 1 saturated heterocycles. The number of fused-ring (bicyclic) bond motifs is 1. The number of nitrogens with one attached hydrogen (secondary N) is 2. The van der Waals surface area contributed by atoms with E-state index in [0.717, 1.165) is 47.2 Å². The zero-order chi connectivity index (χ0) is 22.5. The molecule has 0 aliphatic carbocycles. The highest BCUT2D eigenvalue weighted by molar-refractivity contribution is 7.80. The number of para-hydroxylation sites is 1. The monoisotopic (exact) mass is 451 g/mol. The molecule has 2 heterocycles. The van der Waals surface area contributed by atoms with E-state index >= 15 is 0 Å². The van der Waals surface area contributed by atoms with Crippen molar-refractivity contribution < 1.29 is 9.47 Å². The Labute approximate surface area is 193 Å². The Morgan fingerprint density at radius 1 is 1.25 bits per heavy atom. The fourth-order valence-electron chi connectivity index (χ4n) is 4.02. The average molecular weight is 452 g/mol. The lowest BCUT2D eigenvalue weighted by molar-refractivity contribution is 0.113. The summed E-state index contributed by atoms with van der Waals surface area (Å²) in [6.07, 6.45) is 2.31. The number of nitrogens with zero attached hydrogens (tertiary/aromatic N) is 1. The number of aryl methyl sites for hydroxylation is 1. The predicted molar refractivity (Wildman–Crippen MR) is 131 cm³/mol. The standard InChI is InChI=1S/C25H29N3O3S/c1-17-5-3-6-19-13-20(24(29)27-23(17)19)16-28(15-18-8-10-21(30-2)11-9-18)25(32)26-14-22-7-4-12-31-22/h3,5-6,8-11,13,22H,4,7,12,14-16H2,1-2H3,(H,26,32)(H,27,29). The van der Waals surface area contributed by atoms with Gasteiger partial charge in [-0.15, -0.1) is 0 Å². The van der Waals surface area contributed by atoms with Gasteiger partial charge in [0, 0.05) is 25.3 Å². The molecular weight excluding hydrogens is 422 g/mol. The predicted octanol–water partition coefficient (Wildman–Crippen LogP) is 3.90. The molecule has 6 nitrogen and oxygen atoms in total. The normalized spacial score (nSPS) is 15.6. The largest absolute Gasteiger partial charge is 0.497 e. The Morgan fingerprint density at radius 3 is 2.78 bits per heavy atom. The number of ether oxygens (including phenoxy) is 2. The Kier molecular flexibility index (Phi) is 7.07. The second kappa shape index (κ2) is 10.1. The van der Waals surface area contributed by atoms with E-state index in [4.69, 9.17) is 21.7 Å². The van der Waals surface area contributed by atoms with Crippen LogP contribution in [0.5, 0.6) is 5.75 Å². The van der Waals surface area contributed by atoms with Gasteiger partial charge >= 0.3 is 0 Å². The molecule has 1 aliphatic heterocycles. The van der Waals surface area contributed by atoms with Crippen LogP contribution < -0.4 is 15.6 Å². The Balaban J connectivity index is 1.57. The third-order valence-electron chi connectivity index (χ3n) is 5.85. The Bertz CT molecular complexity index is 1140. The van der Waals surface area contributed by atoms with Gasteiger partial charge in [-0.25, -0.2) is 0 Å². The number of H-pyrrole nitrogens is 1. The van der Waals surface area contributed by atoms with Crippen molar-refractivity contribution in [2.24, 2.45) is 0 Å². The fraction of sp³-hybridized carbons (Fsp3) is 0.360. The summed E-state index contributed by atoms with van der Waals surface area (Å²) < 4.78 is 11.0.